The topological polar surface area (TPSA) is 39.3 Å². The highest BCUT2D eigenvalue weighted by molar-refractivity contribution is 5.85. The summed E-state index contributed by atoms with van der Waals surface area (Å²) in [6.07, 6.45) is 1.34. The molecule has 2 aliphatic rings. The maximum Gasteiger partial charge on any atom is 0.0515 e. The van der Waals surface area contributed by atoms with Gasteiger partial charge in [-0.2, -0.15) is 0 Å². The number of benzene rings is 1. The molecule has 0 bridgehead atoms. The van der Waals surface area contributed by atoms with Gasteiger partial charge in [-0.1, -0.05) is 30.3 Å². The van der Waals surface area contributed by atoms with Gasteiger partial charge in [-0.05, 0) is 44.8 Å². The lowest BCUT2D eigenvalue weighted by atomic mass is 9.95. The highest BCUT2D eigenvalue weighted by atomic mass is 35.5. The Morgan fingerprint density at radius 2 is 2.00 bits per heavy atom. The molecule has 0 amide bonds. The van der Waals surface area contributed by atoms with Gasteiger partial charge in [0.05, 0.1) is 6.04 Å². The molecule has 0 saturated carbocycles. The molecule has 2 heterocycles. The molecule has 2 saturated heterocycles. The molecule has 4 nitrogen and oxygen atoms in total. The van der Waals surface area contributed by atoms with Crippen LogP contribution in [0.1, 0.15) is 31.9 Å². The minimum Gasteiger partial charge on any atom is -0.316 e. The van der Waals surface area contributed by atoms with Gasteiger partial charge in [0.25, 0.3) is 0 Å². The average molecular weight is 339 g/mol. The van der Waals surface area contributed by atoms with Crippen molar-refractivity contribution in [2.45, 2.75) is 32.4 Å². The molecule has 1 aromatic rings. The summed E-state index contributed by atoms with van der Waals surface area (Å²) in [5, 5.41) is 3.72. The number of nitrogens with one attached hydrogen (secondary N) is 3. The van der Waals surface area contributed by atoms with Crippen LogP contribution in [0.25, 0.3) is 0 Å². The number of hydrogen-bond donors (Lipinski definition) is 3. The number of rotatable bonds is 6. The highest BCUT2D eigenvalue weighted by Gasteiger charge is 2.28. The van der Waals surface area contributed by atoms with E-state index in [0.717, 1.165) is 25.6 Å². The van der Waals surface area contributed by atoms with Gasteiger partial charge in [-0.3, -0.25) is 5.43 Å². The molecule has 23 heavy (non-hydrogen) atoms. The Morgan fingerprint density at radius 3 is 2.70 bits per heavy atom. The van der Waals surface area contributed by atoms with Gasteiger partial charge in [0, 0.05) is 31.6 Å². The molecule has 5 heteroatoms. The first kappa shape index (κ1) is 18.7. The van der Waals surface area contributed by atoms with Crippen molar-refractivity contribution >= 4 is 12.4 Å². The molecule has 2 aliphatic heterocycles. The smallest absolute Gasteiger partial charge is 0.0515 e. The molecule has 3 atom stereocenters. The van der Waals surface area contributed by atoms with Gasteiger partial charge < -0.3 is 10.2 Å². The van der Waals surface area contributed by atoms with Gasteiger partial charge in [0.2, 0.25) is 0 Å². The first-order chi connectivity index (χ1) is 10.7. The Labute approximate surface area is 146 Å². The zero-order chi connectivity index (χ0) is 15.4. The second-order valence-corrected chi connectivity index (χ2v) is 7.08. The summed E-state index contributed by atoms with van der Waals surface area (Å²) in [6, 6.07) is 11.9. The molecule has 0 spiro atoms. The lowest BCUT2D eigenvalue weighted by molar-refractivity contribution is 0.263. The van der Waals surface area contributed by atoms with Crippen molar-refractivity contribution in [2.75, 3.05) is 32.7 Å². The Hall–Kier alpha value is -0.650. The molecule has 0 aromatic heterocycles. The van der Waals surface area contributed by atoms with Crippen molar-refractivity contribution in [3.63, 3.8) is 0 Å². The normalized spacial score (nSPS) is 28.2. The van der Waals surface area contributed by atoms with Gasteiger partial charge in [-0.25, -0.2) is 5.43 Å². The molecule has 1 aromatic carbocycles. The minimum atomic E-state index is 0. The fourth-order valence-corrected chi connectivity index (χ4v) is 3.71. The van der Waals surface area contributed by atoms with Crippen LogP contribution < -0.4 is 16.2 Å². The molecular formula is C18H31ClN4. The van der Waals surface area contributed by atoms with Crippen LogP contribution >= 0.6 is 12.4 Å². The Bertz CT molecular complexity index is 454. The van der Waals surface area contributed by atoms with Crippen LogP contribution in [0.2, 0.25) is 0 Å². The summed E-state index contributed by atoms with van der Waals surface area (Å²) in [4.78, 5) is 2.60. The van der Waals surface area contributed by atoms with Gasteiger partial charge in [-0.15, -0.1) is 12.4 Å². The van der Waals surface area contributed by atoms with E-state index in [2.05, 4.69) is 65.2 Å². The van der Waals surface area contributed by atoms with Crippen molar-refractivity contribution in [1.82, 2.24) is 21.1 Å². The van der Waals surface area contributed by atoms with Crippen LogP contribution in [0.3, 0.4) is 0 Å². The summed E-state index contributed by atoms with van der Waals surface area (Å²) < 4.78 is 0. The van der Waals surface area contributed by atoms with Gasteiger partial charge in [0.1, 0.15) is 0 Å². The van der Waals surface area contributed by atoms with E-state index < -0.39 is 0 Å². The maximum absolute atomic E-state index is 3.72. The van der Waals surface area contributed by atoms with Crippen LogP contribution in [0, 0.1) is 11.8 Å². The molecule has 0 aliphatic carbocycles. The van der Waals surface area contributed by atoms with E-state index in [-0.39, 0.29) is 12.4 Å². The van der Waals surface area contributed by atoms with Crippen molar-refractivity contribution < 1.29 is 0 Å². The van der Waals surface area contributed by atoms with Crippen molar-refractivity contribution in [3.05, 3.63) is 35.9 Å². The van der Waals surface area contributed by atoms with Gasteiger partial charge in [0.15, 0.2) is 0 Å². The Morgan fingerprint density at radius 1 is 1.22 bits per heavy atom. The Balaban J connectivity index is 0.00000192. The second-order valence-electron chi connectivity index (χ2n) is 7.08. The largest absolute Gasteiger partial charge is 0.316 e. The predicted octanol–water partition coefficient (Wildman–Crippen LogP) is 2.19. The SMILES string of the molecule is CC(C)N1CCC(CNCC2CNNC2c2ccccc2)C1.Cl. The lowest BCUT2D eigenvalue weighted by Gasteiger charge is -2.22. The molecule has 130 valence electrons. The van der Waals surface area contributed by atoms with Crippen molar-refractivity contribution in [1.29, 1.82) is 0 Å². The van der Waals surface area contributed by atoms with E-state index in [1.165, 1.54) is 25.1 Å². The Kier molecular flexibility index (Phi) is 7.31. The summed E-state index contributed by atoms with van der Waals surface area (Å²) in [5.74, 6) is 1.44. The standard InChI is InChI=1S/C18H30N4.ClH/c1-14(2)22-9-8-15(13-22)10-19-11-17-12-20-21-18(17)16-6-4-3-5-7-16;/h3-7,14-15,17-21H,8-13H2,1-2H3;1H. The fourth-order valence-electron chi connectivity index (χ4n) is 3.71. The molecular weight excluding hydrogens is 308 g/mol. The quantitative estimate of drug-likeness (QED) is 0.743. The van der Waals surface area contributed by atoms with Crippen LogP contribution in [0.15, 0.2) is 30.3 Å². The third-order valence-electron chi connectivity index (χ3n) is 5.14. The van der Waals surface area contributed by atoms with E-state index in [4.69, 9.17) is 0 Å². The van der Waals surface area contributed by atoms with Crippen molar-refractivity contribution in [2.24, 2.45) is 11.8 Å². The second kappa shape index (κ2) is 9.00. The number of nitrogens with zero attached hydrogens (tertiary/aromatic N) is 1. The first-order valence-corrected chi connectivity index (χ1v) is 8.72. The van der Waals surface area contributed by atoms with Crippen LogP contribution in [-0.4, -0.2) is 43.7 Å². The van der Waals surface area contributed by atoms with E-state index >= 15 is 0 Å². The average Bonchev–Trinajstić information content (AvgIpc) is 3.17. The van der Waals surface area contributed by atoms with E-state index in [0.29, 0.717) is 18.0 Å². The third kappa shape index (κ3) is 4.91. The molecule has 3 N–H and O–H groups in total. The highest BCUT2D eigenvalue weighted by Crippen LogP contribution is 2.24. The zero-order valence-electron chi connectivity index (χ0n) is 14.3. The first-order valence-electron chi connectivity index (χ1n) is 8.72. The van der Waals surface area contributed by atoms with Crippen LogP contribution in [0.4, 0.5) is 0 Å². The minimum absolute atomic E-state index is 0. The van der Waals surface area contributed by atoms with E-state index in [1.54, 1.807) is 0 Å². The van der Waals surface area contributed by atoms with E-state index in [9.17, 15) is 0 Å². The number of halogens is 1. The zero-order valence-corrected chi connectivity index (χ0v) is 15.1. The maximum atomic E-state index is 3.72. The van der Waals surface area contributed by atoms with Crippen molar-refractivity contribution in [3.8, 4) is 0 Å². The summed E-state index contributed by atoms with van der Waals surface area (Å²) in [7, 11) is 0. The lowest BCUT2D eigenvalue weighted by Crippen LogP contribution is -2.34. The van der Waals surface area contributed by atoms with Crippen LogP contribution in [0.5, 0.6) is 0 Å². The van der Waals surface area contributed by atoms with Gasteiger partial charge >= 0.3 is 0 Å². The summed E-state index contributed by atoms with van der Waals surface area (Å²) >= 11 is 0. The van der Waals surface area contributed by atoms with E-state index in [1.807, 2.05) is 0 Å². The summed E-state index contributed by atoms with van der Waals surface area (Å²) in [6.45, 7) is 10.4. The monoisotopic (exact) mass is 338 g/mol. The molecule has 2 fully saturated rings. The summed E-state index contributed by atoms with van der Waals surface area (Å²) in [5.41, 5.74) is 8.13. The number of hydrogen-bond acceptors (Lipinski definition) is 4. The number of likely N-dealkylation sites (tertiary alicyclic amines) is 1. The molecule has 0 radical (unpaired) electrons. The molecule has 3 rings (SSSR count). The molecule has 3 unspecified atom stereocenters. The third-order valence-corrected chi connectivity index (χ3v) is 5.14. The number of hydrazine groups is 1. The van der Waals surface area contributed by atoms with Crippen LogP contribution in [-0.2, 0) is 0 Å². The predicted molar refractivity (Wildman–Crippen MR) is 98.7 cm³/mol. The fraction of sp³-hybridized carbons (Fsp3) is 0.667.